The van der Waals surface area contributed by atoms with Gasteiger partial charge in [-0.3, -0.25) is 0 Å². The highest BCUT2D eigenvalue weighted by atomic mass is 16.5. The van der Waals surface area contributed by atoms with E-state index in [1.165, 1.54) is 29.5 Å². The minimum absolute atomic E-state index is 0.218. The van der Waals surface area contributed by atoms with Gasteiger partial charge in [0, 0.05) is 12.2 Å². The molecule has 2 rings (SSSR count). The second-order valence-electron chi connectivity index (χ2n) is 5.64. The number of hydrogen-bond donors (Lipinski definition) is 1. The van der Waals surface area contributed by atoms with Crippen LogP contribution in [0.4, 0.5) is 0 Å². The molecule has 0 aliphatic carbocycles. The van der Waals surface area contributed by atoms with Crippen LogP contribution in [0.25, 0.3) is 0 Å². The summed E-state index contributed by atoms with van der Waals surface area (Å²) in [7, 11) is 1.75. The summed E-state index contributed by atoms with van der Waals surface area (Å²) in [6.45, 7) is 8.23. The third-order valence-electron chi connectivity index (χ3n) is 4.03. The molecule has 1 N–H and O–H groups in total. The molecule has 2 atom stereocenters. The molecule has 1 fully saturated rings. The quantitative estimate of drug-likeness (QED) is 0.893. The first-order chi connectivity index (χ1) is 9.67. The highest BCUT2D eigenvalue weighted by Gasteiger charge is 2.29. The Balaban J connectivity index is 2.37. The maximum absolute atomic E-state index is 6.01. The van der Waals surface area contributed by atoms with Gasteiger partial charge in [-0.15, -0.1) is 0 Å². The molecule has 1 aliphatic rings. The van der Waals surface area contributed by atoms with Crippen molar-refractivity contribution in [2.75, 3.05) is 20.3 Å². The predicted octanol–water partition coefficient (Wildman–Crippen LogP) is 3.53. The normalized spacial score (nSPS) is 20.7. The average Bonchev–Trinajstić information content (AvgIpc) is 2.45. The van der Waals surface area contributed by atoms with Crippen molar-refractivity contribution in [2.45, 2.75) is 52.2 Å². The van der Waals surface area contributed by atoms with Gasteiger partial charge in [0.15, 0.2) is 0 Å². The molecule has 0 radical (unpaired) electrons. The van der Waals surface area contributed by atoms with Crippen LogP contribution in [0.15, 0.2) is 12.1 Å². The summed E-state index contributed by atoms with van der Waals surface area (Å²) in [6.07, 6.45) is 3.80. The molecule has 3 nitrogen and oxygen atoms in total. The number of nitrogens with one attached hydrogen (secondary N) is 1. The zero-order valence-corrected chi connectivity index (χ0v) is 13.2. The molecule has 20 heavy (non-hydrogen) atoms. The van der Waals surface area contributed by atoms with E-state index in [2.05, 4.69) is 38.2 Å². The van der Waals surface area contributed by atoms with Crippen LogP contribution in [-0.2, 0) is 4.74 Å². The van der Waals surface area contributed by atoms with Gasteiger partial charge < -0.3 is 14.8 Å². The Kier molecular flexibility index (Phi) is 5.44. The number of likely N-dealkylation sites (N-methyl/N-ethyl adjacent to an activating group) is 1. The lowest BCUT2D eigenvalue weighted by Gasteiger charge is -2.33. The second-order valence-corrected chi connectivity index (χ2v) is 5.64. The second kappa shape index (κ2) is 7.09. The molecule has 1 aromatic rings. The Morgan fingerprint density at radius 2 is 2.15 bits per heavy atom. The molecule has 2 unspecified atom stereocenters. The van der Waals surface area contributed by atoms with Crippen LogP contribution in [0.1, 0.15) is 48.9 Å². The topological polar surface area (TPSA) is 30.5 Å². The SMILES string of the molecule is CCNC(c1c(C)cc(C)cc1OC)C1CCCCO1. The first-order valence-electron chi connectivity index (χ1n) is 7.67. The standard InChI is InChI=1S/C17H27NO2/c1-5-18-17(14-8-6-7-9-20-14)16-13(3)10-12(2)11-15(16)19-4/h10-11,14,17-18H,5-9H2,1-4H3. The molecule has 1 heterocycles. The first-order valence-corrected chi connectivity index (χ1v) is 7.67. The van der Waals surface area contributed by atoms with Crippen LogP contribution in [-0.4, -0.2) is 26.4 Å². The predicted molar refractivity (Wildman–Crippen MR) is 82.5 cm³/mol. The van der Waals surface area contributed by atoms with Gasteiger partial charge in [0.25, 0.3) is 0 Å². The van der Waals surface area contributed by atoms with Crippen molar-refractivity contribution in [3.63, 3.8) is 0 Å². The zero-order chi connectivity index (χ0) is 14.5. The smallest absolute Gasteiger partial charge is 0.124 e. The monoisotopic (exact) mass is 277 g/mol. The maximum Gasteiger partial charge on any atom is 0.124 e. The minimum Gasteiger partial charge on any atom is -0.496 e. The maximum atomic E-state index is 6.01. The fraction of sp³-hybridized carbons (Fsp3) is 0.647. The van der Waals surface area contributed by atoms with Crippen molar-refractivity contribution < 1.29 is 9.47 Å². The van der Waals surface area contributed by atoms with Gasteiger partial charge >= 0.3 is 0 Å². The molecule has 0 aromatic heterocycles. The molecule has 1 saturated heterocycles. The highest BCUT2D eigenvalue weighted by molar-refractivity contribution is 5.45. The van der Waals surface area contributed by atoms with Gasteiger partial charge in [-0.05, 0) is 56.8 Å². The van der Waals surface area contributed by atoms with Crippen LogP contribution in [0.5, 0.6) is 5.75 Å². The van der Waals surface area contributed by atoms with Crippen molar-refractivity contribution in [3.8, 4) is 5.75 Å². The van der Waals surface area contributed by atoms with Gasteiger partial charge in [0.1, 0.15) is 5.75 Å². The fourth-order valence-electron chi connectivity index (χ4n) is 3.18. The summed E-state index contributed by atoms with van der Waals surface area (Å²) in [5.74, 6) is 0.975. The molecular weight excluding hydrogens is 250 g/mol. The number of hydrogen-bond acceptors (Lipinski definition) is 3. The first kappa shape index (κ1) is 15.3. The lowest BCUT2D eigenvalue weighted by atomic mass is 9.91. The van der Waals surface area contributed by atoms with E-state index < -0.39 is 0 Å². The van der Waals surface area contributed by atoms with E-state index in [1.807, 2.05) is 0 Å². The molecule has 112 valence electrons. The van der Waals surface area contributed by atoms with E-state index in [9.17, 15) is 0 Å². The summed E-state index contributed by atoms with van der Waals surface area (Å²) in [6, 6.07) is 4.57. The zero-order valence-electron chi connectivity index (χ0n) is 13.2. The van der Waals surface area contributed by atoms with Gasteiger partial charge in [0.2, 0.25) is 0 Å². The lowest BCUT2D eigenvalue weighted by molar-refractivity contribution is -0.00843. The van der Waals surface area contributed by atoms with E-state index in [-0.39, 0.29) is 12.1 Å². The van der Waals surface area contributed by atoms with E-state index in [4.69, 9.17) is 9.47 Å². The number of ether oxygens (including phenoxy) is 2. The van der Waals surface area contributed by atoms with Crippen LogP contribution in [0.2, 0.25) is 0 Å². The van der Waals surface area contributed by atoms with Crippen LogP contribution in [0.3, 0.4) is 0 Å². The molecular formula is C17H27NO2. The molecule has 0 amide bonds. The number of methoxy groups -OCH3 is 1. The average molecular weight is 277 g/mol. The fourth-order valence-corrected chi connectivity index (χ4v) is 3.18. The van der Waals surface area contributed by atoms with Gasteiger partial charge in [-0.1, -0.05) is 13.0 Å². The molecule has 0 bridgehead atoms. The lowest BCUT2D eigenvalue weighted by Crippen LogP contribution is -2.36. The Bertz CT molecular complexity index is 439. The molecule has 3 heteroatoms. The molecule has 0 spiro atoms. The largest absolute Gasteiger partial charge is 0.496 e. The molecule has 1 aromatic carbocycles. The number of aryl methyl sites for hydroxylation is 2. The summed E-state index contributed by atoms with van der Waals surface area (Å²) < 4.78 is 11.6. The summed E-state index contributed by atoms with van der Waals surface area (Å²) in [5.41, 5.74) is 3.77. The van der Waals surface area contributed by atoms with Crippen LogP contribution in [0, 0.1) is 13.8 Å². The van der Waals surface area contributed by atoms with Crippen molar-refractivity contribution in [2.24, 2.45) is 0 Å². The van der Waals surface area contributed by atoms with Crippen molar-refractivity contribution in [3.05, 3.63) is 28.8 Å². The van der Waals surface area contributed by atoms with Gasteiger partial charge in [-0.25, -0.2) is 0 Å². The van der Waals surface area contributed by atoms with E-state index >= 15 is 0 Å². The van der Waals surface area contributed by atoms with Crippen molar-refractivity contribution >= 4 is 0 Å². The third kappa shape index (κ3) is 3.33. The number of benzene rings is 1. The van der Waals surface area contributed by atoms with Crippen molar-refractivity contribution in [1.29, 1.82) is 0 Å². The third-order valence-corrected chi connectivity index (χ3v) is 4.03. The Morgan fingerprint density at radius 1 is 1.35 bits per heavy atom. The van der Waals surface area contributed by atoms with Crippen molar-refractivity contribution in [1.82, 2.24) is 5.32 Å². The van der Waals surface area contributed by atoms with E-state index in [0.717, 1.165) is 25.3 Å². The van der Waals surface area contributed by atoms with Gasteiger partial charge in [-0.2, -0.15) is 0 Å². The van der Waals surface area contributed by atoms with E-state index in [1.54, 1.807) is 7.11 Å². The minimum atomic E-state index is 0.218. The molecule has 0 saturated carbocycles. The van der Waals surface area contributed by atoms with Crippen LogP contribution >= 0.6 is 0 Å². The Morgan fingerprint density at radius 3 is 2.75 bits per heavy atom. The summed E-state index contributed by atoms with van der Waals surface area (Å²) >= 11 is 0. The van der Waals surface area contributed by atoms with Gasteiger partial charge in [0.05, 0.1) is 19.3 Å². The number of rotatable bonds is 5. The summed E-state index contributed by atoms with van der Waals surface area (Å²) in [4.78, 5) is 0. The Labute approximate surface area is 122 Å². The van der Waals surface area contributed by atoms with E-state index in [0.29, 0.717) is 0 Å². The van der Waals surface area contributed by atoms with Crippen LogP contribution < -0.4 is 10.1 Å². The molecule has 1 aliphatic heterocycles. The highest BCUT2D eigenvalue weighted by Crippen LogP contribution is 2.35. The summed E-state index contributed by atoms with van der Waals surface area (Å²) in [5, 5.41) is 3.60. The Hall–Kier alpha value is -1.06.